The molecule has 18 nitrogen and oxygen atoms in total. The second kappa shape index (κ2) is 23.4. The van der Waals surface area contributed by atoms with Gasteiger partial charge in [-0.2, -0.15) is 0 Å². The average molecular weight is 1000 g/mol. The van der Waals surface area contributed by atoms with Crippen LogP contribution in [0.4, 0.5) is 0 Å². The summed E-state index contributed by atoms with van der Waals surface area (Å²) in [5, 5.41) is 23.4. The summed E-state index contributed by atoms with van der Waals surface area (Å²) in [6.07, 6.45) is 4.62. The fraction of sp³-hybridized carbons (Fsp3) is 0.600. The summed E-state index contributed by atoms with van der Waals surface area (Å²) < 4.78 is 0. The van der Waals surface area contributed by atoms with Crippen molar-refractivity contribution in [2.45, 2.75) is 157 Å². The van der Waals surface area contributed by atoms with E-state index in [1.807, 2.05) is 26.0 Å². The highest BCUT2D eigenvalue weighted by Gasteiger charge is 2.55. The Bertz CT molecular complexity index is 2230. The minimum Gasteiger partial charge on any atom is -0.351 e. The monoisotopic (exact) mass is 1000 g/mol. The molecule has 2 aromatic carbocycles. The standard InChI is InChI=1S/C50H70N10O8S2/c1-28(51-5)42(61)55-34-23-25-69-37-22-21-36(59(37)48(34)67)44(63)57-39(30-13-9-7-10-14-30)45(64)53-32-17-19-33(20-18-32)54-46(65)40(31-15-11-8-12-16-31)58-47(66)41-50(3,4)27-38-60(41)49(68)35(24-26-70-38)56-43(62)29(2)52-6/h7-16,28-29,32-41,51-52H,17-27H2,1-6H3,(H,53,64)(H,54,65)(H,55,61)(H,56,62)(H,57,63)(H,58,66)/t28-,29-,32-,33-,34-,35+,36-,37-,38-,39+,40-,41+/m0/s1. The second-order valence-electron chi connectivity index (χ2n) is 19.8. The minimum absolute atomic E-state index is 0.218. The maximum atomic E-state index is 14.6. The number of thioether (sulfide) groups is 2. The summed E-state index contributed by atoms with van der Waals surface area (Å²) in [7, 11) is 3.34. The first-order valence-corrected chi connectivity index (χ1v) is 26.7. The molecule has 1 saturated carbocycles. The largest absolute Gasteiger partial charge is 0.351 e. The number of benzene rings is 2. The fourth-order valence-corrected chi connectivity index (χ4v) is 13.2. The van der Waals surface area contributed by atoms with E-state index in [1.54, 1.807) is 110 Å². The van der Waals surface area contributed by atoms with Crippen molar-refractivity contribution in [3.8, 4) is 0 Å². The van der Waals surface area contributed by atoms with E-state index < -0.39 is 77.4 Å². The number of fused-ring (bicyclic) bond motifs is 2. The summed E-state index contributed by atoms with van der Waals surface area (Å²) >= 11 is 3.19. The van der Waals surface area contributed by atoms with Crippen LogP contribution in [-0.4, -0.2) is 142 Å². The molecule has 4 aliphatic heterocycles. The molecule has 0 spiro atoms. The smallest absolute Gasteiger partial charge is 0.247 e. The van der Waals surface area contributed by atoms with E-state index in [0.717, 1.165) is 0 Å². The van der Waals surface area contributed by atoms with Gasteiger partial charge in [0.05, 0.1) is 22.8 Å². The molecule has 4 heterocycles. The summed E-state index contributed by atoms with van der Waals surface area (Å²) in [6.45, 7) is 7.33. The predicted octanol–water partition coefficient (Wildman–Crippen LogP) is 1.97. The van der Waals surface area contributed by atoms with Crippen molar-refractivity contribution in [2.24, 2.45) is 5.41 Å². The van der Waals surface area contributed by atoms with Gasteiger partial charge in [-0.05, 0) is 114 Å². The lowest BCUT2D eigenvalue weighted by atomic mass is 9.83. The van der Waals surface area contributed by atoms with Gasteiger partial charge in [0.1, 0.15) is 36.3 Å². The van der Waals surface area contributed by atoms with Crippen molar-refractivity contribution < 1.29 is 38.4 Å². The molecule has 2 aromatic rings. The number of likely N-dealkylation sites (N-methyl/N-ethyl adjacent to an activating group) is 2. The van der Waals surface area contributed by atoms with E-state index in [4.69, 9.17) is 0 Å². The summed E-state index contributed by atoms with van der Waals surface area (Å²) in [5.74, 6) is -1.62. The molecule has 0 radical (unpaired) electrons. The van der Waals surface area contributed by atoms with Gasteiger partial charge in [0.15, 0.2) is 0 Å². The summed E-state index contributed by atoms with van der Waals surface area (Å²) in [4.78, 5) is 114. The van der Waals surface area contributed by atoms with E-state index in [1.165, 1.54) is 0 Å². The Morgan fingerprint density at radius 2 is 1.00 bits per heavy atom. The van der Waals surface area contributed by atoms with Crippen LogP contribution in [0.25, 0.3) is 0 Å². The van der Waals surface area contributed by atoms with Crippen LogP contribution < -0.4 is 42.5 Å². The zero-order valence-electron chi connectivity index (χ0n) is 41.0. The molecule has 0 aromatic heterocycles. The maximum Gasteiger partial charge on any atom is 0.247 e. The van der Waals surface area contributed by atoms with Gasteiger partial charge in [-0.3, -0.25) is 38.4 Å². The van der Waals surface area contributed by atoms with Gasteiger partial charge in [0, 0.05) is 12.1 Å². The van der Waals surface area contributed by atoms with E-state index in [2.05, 4.69) is 42.5 Å². The highest BCUT2D eigenvalue weighted by Crippen LogP contribution is 2.46. The third-order valence-corrected chi connectivity index (χ3v) is 17.1. The van der Waals surface area contributed by atoms with Crippen molar-refractivity contribution in [2.75, 3.05) is 25.6 Å². The van der Waals surface area contributed by atoms with Gasteiger partial charge >= 0.3 is 0 Å². The first kappa shape index (κ1) is 52.6. The molecule has 380 valence electrons. The van der Waals surface area contributed by atoms with Crippen LogP contribution >= 0.6 is 23.5 Å². The number of hydrogen-bond donors (Lipinski definition) is 8. The molecule has 20 heteroatoms. The molecule has 70 heavy (non-hydrogen) atoms. The number of carbonyl (C=O) groups excluding carboxylic acids is 8. The fourth-order valence-electron chi connectivity index (χ4n) is 10.3. The molecule has 8 amide bonds. The summed E-state index contributed by atoms with van der Waals surface area (Å²) in [5.41, 5.74) is 0.530. The Kier molecular flexibility index (Phi) is 17.6. The Morgan fingerprint density at radius 3 is 1.47 bits per heavy atom. The summed E-state index contributed by atoms with van der Waals surface area (Å²) in [6, 6.07) is 11.1. The topological polar surface area (TPSA) is 239 Å². The van der Waals surface area contributed by atoms with Gasteiger partial charge in [-0.15, -0.1) is 23.5 Å². The van der Waals surface area contributed by atoms with E-state index in [-0.39, 0.29) is 46.5 Å². The van der Waals surface area contributed by atoms with Crippen LogP contribution in [0.15, 0.2) is 60.7 Å². The Morgan fingerprint density at radius 1 is 0.557 bits per heavy atom. The van der Waals surface area contributed by atoms with E-state index in [0.29, 0.717) is 80.4 Å². The molecule has 7 rings (SSSR count). The first-order chi connectivity index (χ1) is 33.5. The Labute approximate surface area is 419 Å². The Hall–Kier alpha value is -5.18. The van der Waals surface area contributed by atoms with Crippen LogP contribution in [0.5, 0.6) is 0 Å². The van der Waals surface area contributed by atoms with Crippen molar-refractivity contribution in [3.63, 3.8) is 0 Å². The van der Waals surface area contributed by atoms with Gasteiger partial charge in [-0.1, -0.05) is 74.5 Å². The van der Waals surface area contributed by atoms with Gasteiger partial charge in [0.25, 0.3) is 0 Å². The molecular weight excluding hydrogens is 933 g/mol. The normalized spacial score (nSPS) is 28.0. The highest BCUT2D eigenvalue weighted by molar-refractivity contribution is 8.00. The third kappa shape index (κ3) is 12.1. The van der Waals surface area contributed by atoms with Gasteiger partial charge in [0.2, 0.25) is 47.3 Å². The lowest BCUT2D eigenvalue weighted by Gasteiger charge is -2.35. The molecule has 0 bridgehead atoms. The van der Waals surface area contributed by atoms with Crippen LogP contribution in [0.1, 0.15) is 109 Å². The van der Waals surface area contributed by atoms with Crippen LogP contribution in [0.2, 0.25) is 0 Å². The van der Waals surface area contributed by atoms with E-state index >= 15 is 0 Å². The number of hydrogen-bond acceptors (Lipinski definition) is 12. The zero-order valence-corrected chi connectivity index (χ0v) is 42.6. The maximum absolute atomic E-state index is 14.6. The number of amides is 8. The SMILES string of the molecule is CN[C@@H](C)C(=O)N[C@H]1CCS[C@H]2CC[C@@H](C(=O)N[C@@H](C(=O)N[C@H]3CC[C@H](NC(=O)[C@@H](NC(=O)[C@H]4N5C(=O)[C@H](NC(=O)[C@H](C)NC)CCS[C@H]5CC4(C)C)c4ccccc4)CC3)c3ccccc3)N2C1=O. The van der Waals surface area contributed by atoms with Gasteiger partial charge in [-0.25, -0.2) is 0 Å². The van der Waals surface area contributed by atoms with Crippen molar-refractivity contribution in [1.82, 2.24) is 52.3 Å². The predicted molar refractivity (Wildman–Crippen MR) is 269 cm³/mol. The molecule has 1 aliphatic carbocycles. The Balaban J connectivity index is 0.982. The van der Waals surface area contributed by atoms with Crippen LogP contribution in [0, 0.1) is 5.41 Å². The molecule has 0 unspecified atom stereocenters. The number of nitrogens with zero attached hydrogens (tertiary/aromatic N) is 2. The van der Waals surface area contributed by atoms with Crippen LogP contribution in [-0.2, 0) is 38.4 Å². The first-order valence-electron chi connectivity index (χ1n) is 24.7. The lowest BCUT2D eigenvalue weighted by Crippen LogP contribution is -2.59. The van der Waals surface area contributed by atoms with Crippen molar-refractivity contribution in [1.29, 1.82) is 0 Å². The average Bonchev–Trinajstić information content (AvgIpc) is 3.81. The van der Waals surface area contributed by atoms with Crippen LogP contribution in [0.3, 0.4) is 0 Å². The molecule has 4 saturated heterocycles. The minimum atomic E-state index is -1.07. The lowest BCUT2D eigenvalue weighted by molar-refractivity contribution is -0.144. The quantitative estimate of drug-likeness (QED) is 0.121. The molecule has 5 aliphatic rings. The molecule has 10 atom stereocenters. The van der Waals surface area contributed by atoms with E-state index in [9.17, 15) is 38.4 Å². The number of carbonyl (C=O) groups is 8. The molecule has 5 fully saturated rings. The van der Waals surface area contributed by atoms with Crippen molar-refractivity contribution >= 4 is 70.8 Å². The number of rotatable bonds is 16. The molecular formula is C50H70N10O8S2. The number of nitrogens with one attached hydrogen (secondary N) is 8. The third-order valence-electron chi connectivity index (χ3n) is 14.5. The highest BCUT2D eigenvalue weighted by atomic mass is 32.2. The van der Waals surface area contributed by atoms with Crippen molar-refractivity contribution in [3.05, 3.63) is 71.8 Å². The van der Waals surface area contributed by atoms with Gasteiger partial charge < -0.3 is 52.3 Å². The second-order valence-corrected chi connectivity index (χ2v) is 22.4. The molecule has 8 N–H and O–H groups in total. The zero-order chi connectivity index (χ0) is 50.3.